The highest BCUT2D eigenvalue weighted by molar-refractivity contribution is 6.51. The summed E-state index contributed by atoms with van der Waals surface area (Å²) in [6.07, 6.45) is 0. The van der Waals surface area contributed by atoms with Crippen LogP contribution in [0.15, 0.2) is 54.1 Å². The summed E-state index contributed by atoms with van der Waals surface area (Å²) in [7, 11) is 3.13. The number of anilines is 1. The lowest BCUT2D eigenvalue weighted by Gasteiger charge is -2.28. The Morgan fingerprint density at radius 3 is 2.21 bits per heavy atom. The van der Waals surface area contributed by atoms with Crippen LogP contribution in [0.25, 0.3) is 5.76 Å². The van der Waals surface area contributed by atoms with Crippen LogP contribution in [-0.4, -0.2) is 37.6 Å². The highest BCUT2D eigenvalue weighted by Crippen LogP contribution is 2.45. The molecule has 0 bridgehead atoms. The summed E-state index contributed by atoms with van der Waals surface area (Å²) in [5.41, 5.74) is 4.97. The van der Waals surface area contributed by atoms with Crippen LogP contribution in [0.1, 0.15) is 46.3 Å². The summed E-state index contributed by atoms with van der Waals surface area (Å²) >= 11 is 0. The molecule has 1 N–H and O–H groups in total. The Morgan fingerprint density at radius 1 is 0.842 bits per heavy atom. The number of carbonyl (C=O) groups excluding carboxylic acids is 2. The molecule has 1 unspecified atom stereocenters. The number of hydrogen-bond acceptors (Lipinski definition) is 6. The number of benzene rings is 3. The van der Waals surface area contributed by atoms with Gasteiger partial charge in [-0.25, -0.2) is 0 Å². The third-order valence-corrected chi connectivity index (χ3v) is 6.87. The average Bonchev–Trinajstić information content (AvgIpc) is 3.16. The van der Waals surface area contributed by atoms with Gasteiger partial charge >= 0.3 is 0 Å². The van der Waals surface area contributed by atoms with Crippen molar-refractivity contribution < 1.29 is 28.9 Å². The van der Waals surface area contributed by atoms with Crippen LogP contribution in [0, 0.1) is 27.7 Å². The average molecular weight is 516 g/mol. The van der Waals surface area contributed by atoms with Crippen LogP contribution >= 0.6 is 0 Å². The fraction of sp³-hybridized carbons (Fsp3) is 0.290. The summed E-state index contributed by atoms with van der Waals surface area (Å²) < 4.78 is 16.7. The van der Waals surface area contributed by atoms with E-state index in [9.17, 15) is 14.7 Å². The minimum absolute atomic E-state index is 0.0104. The standard InChI is InChI=1S/C31H33NO6/c1-8-38-26-16-21(11-12-24(26)36-6)28-27(29(33)22-14-20(5)25(37-7)15-19(22)4)30(34)31(35)32(28)23-13-17(2)9-10-18(23)3/h9-16,28,33H,8H2,1-7H3/b29-27+. The topological polar surface area (TPSA) is 85.3 Å². The zero-order chi connectivity index (χ0) is 27.7. The van der Waals surface area contributed by atoms with Crippen LogP contribution < -0.4 is 19.1 Å². The van der Waals surface area contributed by atoms with E-state index in [1.807, 2.05) is 52.8 Å². The SMILES string of the molecule is CCOc1cc(C2/C(=C(\O)c3cc(C)c(OC)cc3C)C(=O)C(=O)N2c2cc(C)ccc2C)ccc1OC. The lowest BCUT2D eigenvalue weighted by Crippen LogP contribution is -2.30. The van der Waals surface area contributed by atoms with Crippen LogP contribution in [-0.2, 0) is 9.59 Å². The molecule has 0 aromatic heterocycles. The van der Waals surface area contributed by atoms with Crippen LogP contribution in [0.4, 0.5) is 5.69 Å². The van der Waals surface area contributed by atoms with Gasteiger partial charge in [-0.15, -0.1) is 0 Å². The number of amides is 1. The molecule has 0 spiro atoms. The van der Waals surface area contributed by atoms with E-state index in [0.717, 1.165) is 16.7 Å². The smallest absolute Gasteiger partial charge is 0.300 e. The third kappa shape index (κ3) is 4.60. The van der Waals surface area contributed by atoms with Gasteiger partial charge in [0.2, 0.25) is 0 Å². The first-order valence-electron chi connectivity index (χ1n) is 12.5. The molecule has 38 heavy (non-hydrogen) atoms. The number of ketones is 1. The van der Waals surface area contributed by atoms with Gasteiger partial charge in [0.1, 0.15) is 11.5 Å². The number of nitrogens with zero attached hydrogens (tertiary/aromatic N) is 1. The molecule has 1 aliphatic rings. The fourth-order valence-electron chi connectivity index (χ4n) is 4.92. The molecule has 1 heterocycles. The van der Waals surface area contributed by atoms with Crippen molar-refractivity contribution >= 4 is 23.1 Å². The fourth-order valence-corrected chi connectivity index (χ4v) is 4.92. The predicted molar refractivity (Wildman–Crippen MR) is 147 cm³/mol. The molecule has 1 saturated heterocycles. The zero-order valence-corrected chi connectivity index (χ0v) is 22.8. The van der Waals surface area contributed by atoms with E-state index in [2.05, 4.69) is 0 Å². The molecule has 0 aliphatic carbocycles. The van der Waals surface area contributed by atoms with Crippen molar-refractivity contribution in [2.75, 3.05) is 25.7 Å². The maximum Gasteiger partial charge on any atom is 0.300 e. The van der Waals surface area contributed by atoms with E-state index in [-0.39, 0.29) is 11.3 Å². The lowest BCUT2D eigenvalue weighted by atomic mass is 9.92. The Morgan fingerprint density at radius 2 is 1.55 bits per heavy atom. The normalized spacial score (nSPS) is 16.6. The van der Waals surface area contributed by atoms with Crippen molar-refractivity contribution in [1.82, 2.24) is 0 Å². The molecule has 1 amide bonds. The third-order valence-electron chi connectivity index (χ3n) is 6.87. The maximum absolute atomic E-state index is 13.6. The lowest BCUT2D eigenvalue weighted by molar-refractivity contribution is -0.132. The zero-order valence-electron chi connectivity index (χ0n) is 22.8. The second-order valence-corrected chi connectivity index (χ2v) is 9.44. The number of rotatable bonds is 7. The van der Waals surface area contributed by atoms with Crippen LogP contribution in [0.3, 0.4) is 0 Å². The summed E-state index contributed by atoms with van der Waals surface area (Å²) in [4.78, 5) is 28.8. The van der Waals surface area contributed by atoms with Crippen LogP contribution in [0.5, 0.6) is 17.2 Å². The summed E-state index contributed by atoms with van der Waals surface area (Å²) in [6, 6.07) is 13.7. The van der Waals surface area contributed by atoms with Crippen molar-refractivity contribution in [1.29, 1.82) is 0 Å². The summed E-state index contributed by atoms with van der Waals surface area (Å²) in [5.74, 6) is -0.0189. The van der Waals surface area contributed by atoms with Crippen LogP contribution in [0.2, 0.25) is 0 Å². The first kappa shape index (κ1) is 26.8. The van der Waals surface area contributed by atoms with Gasteiger partial charge in [0.15, 0.2) is 11.5 Å². The number of Topliss-reactive ketones (excluding diaryl/α,β-unsaturated/α-hetero) is 1. The summed E-state index contributed by atoms with van der Waals surface area (Å²) in [5, 5.41) is 11.7. The quantitative estimate of drug-likeness (QED) is 0.237. The number of aryl methyl sites for hydroxylation is 4. The Labute approximate surface area is 223 Å². The van der Waals surface area contributed by atoms with E-state index < -0.39 is 17.7 Å². The molecule has 3 aromatic carbocycles. The number of methoxy groups -OCH3 is 2. The van der Waals surface area contributed by atoms with Gasteiger partial charge in [-0.2, -0.15) is 0 Å². The van der Waals surface area contributed by atoms with Gasteiger partial charge < -0.3 is 19.3 Å². The minimum Gasteiger partial charge on any atom is -0.507 e. The van der Waals surface area contributed by atoms with E-state index in [1.54, 1.807) is 44.6 Å². The molecule has 7 nitrogen and oxygen atoms in total. The molecule has 198 valence electrons. The molecular formula is C31H33NO6. The number of hydrogen-bond donors (Lipinski definition) is 1. The molecule has 0 saturated carbocycles. The highest BCUT2D eigenvalue weighted by Gasteiger charge is 2.47. The van der Waals surface area contributed by atoms with Gasteiger partial charge in [-0.05, 0) is 92.8 Å². The molecule has 4 rings (SSSR count). The number of ether oxygens (including phenoxy) is 3. The maximum atomic E-state index is 13.6. The van der Waals surface area contributed by atoms with Gasteiger partial charge in [0, 0.05) is 11.3 Å². The van der Waals surface area contributed by atoms with Gasteiger partial charge in [-0.3, -0.25) is 14.5 Å². The highest BCUT2D eigenvalue weighted by atomic mass is 16.5. The van der Waals surface area contributed by atoms with Gasteiger partial charge in [0.05, 0.1) is 32.4 Å². The molecule has 7 heteroatoms. The largest absolute Gasteiger partial charge is 0.507 e. The number of carbonyl (C=O) groups is 2. The van der Waals surface area contributed by atoms with Crippen molar-refractivity contribution in [2.45, 2.75) is 40.7 Å². The molecular weight excluding hydrogens is 482 g/mol. The first-order chi connectivity index (χ1) is 18.1. The van der Waals surface area contributed by atoms with E-state index >= 15 is 0 Å². The van der Waals surface area contributed by atoms with Gasteiger partial charge in [-0.1, -0.05) is 18.2 Å². The molecule has 1 fully saturated rings. The van der Waals surface area contributed by atoms with Crippen molar-refractivity contribution in [3.63, 3.8) is 0 Å². The Bertz CT molecular complexity index is 1450. The monoisotopic (exact) mass is 515 g/mol. The molecule has 1 atom stereocenters. The van der Waals surface area contributed by atoms with Gasteiger partial charge in [0.25, 0.3) is 11.7 Å². The second-order valence-electron chi connectivity index (χ2n) is 9.44. The first-order valence-corrected chi connectivity index (χ1v) is 12.5. The van der Waals surface area contributed by atoms with Crippen molar-refractivity contribution in [2.24, 2.45) is 0 Å². The minimum atomic E-state index is -0.887. The molecule has 0 radical (unpaired) electrons. The summed E-state index contributed by atoms with van der Waals surface area (Å²) in [6.45, 7) is 9.78. The Balaban J connectivity index is 2.03. The van der Waals surface area contributed by atoms with E-state index in [4.69, 9.17) is 14.2 Å². The Hall–Kier alpha value is -4.26. The molecule has 3 aromatic rings. The van der Waals surface area contributed by atoms with Crippen molar-refractivity contribution in [3.05, 3.63) is 87.5 Å². The predicted octanol–water partition coefficient (Wildman–Crippen LogP) is 5.96. The van der Waals surface area contributed by atoms with E-state index in [0.29, 0.717) is 46.2 Å². The second kappa shape index (κ2) is 10.6. The number of aliphatic hydroxyl groups is 1. The molecule has 1 aliphatic heterocycles. The van der Waals surface area contributed by atoms with Crippen molar-refractivity contribution in [3.8, 4) is 17.2 Å². The Kier molecular flexibility index (Phi) is 7.49. The van der Waals surface area contributed by atoms with E-state index in [1.165, 1.54) is 4.90 Å². The number of aliphatic hydroxyl groups excluding tert-OH is 1.